The zero-order chi connectivity index (χ0) is 34.8. The Morgan fingerprint density at radius 3 is 1.91 bits per heavy atom. The number of ether oxygens (including phenoxy) is 6. The Balaban J connectivity index is 1.35. The van der Waals surface area contributed by atoms with Crippen LogP contribution >= 0.6 is 0 Å². The molecule has 2 fully saturated rings. The lowest BCUT2D eigenvalue weighted by molar-refractivity contribution is -0.359. The highest BCUT2D eigenvalue weighted by molar-refractivity contribution is 5.95. The average Bonchev–Trinajstić information content (AvgIpc) is 3.06. The van der Waals surface area contributed by atoms with Crippen molar-refractivity contribution in [3.05, 3.63) is 39.3 Å². The standard InChI is InChI=1S/C25H34F4N4O14/c26-12-11(13(27)15(29)16(14(12)28)32-33-30)23(41)31-1-2-42-3-4-43-5-6-44-24-21(40)19(38)22(10(8-35)46-24)47-25-20(39)18(37)17(36)9(7-34)45-25/h9-10,17-22,24-25,34-40H,1-8H2,(H,31,41)/t9?,10?,17-,18?,19?,20?,21?,22+,24+,25-/m0/s1. The zero-order valence-corrected chi connectivity index (χ0v) is 24.3. The van der Waals surface area contributed by atoms with Gasteiger partial charge < -0.3 is 69.5 Å². The van der Waals surface area contributed by atoms with Crippen LogP contribution in [0.3, 0.4) is 0 Å². The van der Waals surface area contributed by atoms with E-state index in [1.807, 2.05) is 5.32 Å². The van der Waals surface area contributed by atoms with Gasteiger partial charge in [-0.2, -0.15) is 0 Å². The van der Waals surface area contributed by atoms with Crippen LogP contribution in [0.5, 0.6) is 0 Å². The molecule has 3 rings (SSSR count). The summed E-state index contributed by atoms with van der Waals surface area (Å²) >= 11 is 0. The van der Waals surface area contributed by atoms with Gasteiger partial charge in [-0.05, 0) is 5.53 Å². The highest BCUT2D eigenvalue weighted by Gasteiger charge is 2.50. The Kier molecular flexibility index (Phi) is 14.9. The third-order valence-corrected chi connectivity index (χ3v) is 6.99. The first kappa shape index (κ1) is 38.6. The maximum absolute atomic E-state index is 14.0. The Labute approximate surface area is 262 Å². The number of carbonyl (C=O) groups excluding carboxylic acids is 1. The summed E-state index contributed by atoms with van der Waals surface area (Å²) in [6.45, 7) is -2.36. The molecular formula is C25H34F4N4O14. The van der Waals surface area contributed by atoms with Gasteiger partial charge in [-0.25, -0.2) is 17.6 Å². The van der Waals surface area contributed by atoms with E-state index in [1.54, 1.807) is 0 Å². The smallest absolute Gasteiger partial charge is 0.257 e. The second-order valence-corrected chi connectivity index (χ2v) is 10.0. The molecule has 1 amide bonds. The zero-order valence-electron chi connectivity index (χ0n) is 24.3. The van der Waals surface area contributed by atoms with Crippen molar-refractivity contribution in [2.45, 2.75) is 61.4 Å². The molecular weight excluding hydrogens is 656 g/mol. The third kappa shape index (κ3) is 9.22. The van der Waals surface area contributed by atoms with Crippen molar-refractivity contribution in [2.75, 3.05) is 52.8 Å². The van der Waals surface area contributed by atoms with Crippen LogP contribution in [-0.4, -0.2) is 156 Å². The quantitative estimate of drug-likeness (QED) is 0.0224. The van der Waals surface area contributed by atoms with Crippen LogP contribution in [-0.2, 0) is 28.4 Å². The molecule has 0 bridgehead atoms. The van der Waals surface area contributed by atoms with Crippen molar-refractivity contribution in [3.63, 3.8) is 0 Å². The van der Waals surface area contributed by atoms with Crippen LogP contribution < -0.4 is 5.32 Å². The number of rotatable bonds is 16. The van der Waals surface area contributed by atoms with Crippen molar-refractivity contribution >= 4 is 11.6 Å². The second-order valence-electron chi connectivity index (χ2n) is 10.0. The van der Waals surface area contributed by atoms with Gasteiger partial charge in [0.05, 0.1) is 46.2 Å². The molecule has 2 aliphatic rings. The molecule has 0 radical (unpaired) electrons. The summed E-state index contributed by atoms with van der Waals surface area (Å²) in [5.74, 6) is -9.66. The predicted octanol–water partition coefficient (Wildman–Crippen LogP) is -2.41. The minimum Gasteiger partial charge on any atom is -0.394 e. The maximum atomic E-state index is 14.0. The third-order valence-electron chi connectivity index (χ3n) is 6.99. The van der Waals surface area contributed by atoms with Crippen LogP contribution in [0.2, 0.25) is 0 Å². The van der Waals surface area contributed by atoms with E-state index in [2.05, 4.69) is 10.0 Å². The van der Waals surface area contributed by atoms with E-state index in [4.69, 9.17) is 34.0 Å². The monoisotopic (exact) mass is 690 g/mol. The number of carbonyl (C=O) groups is 1. The Hall–Kier alpha value is -2.80. The van der Waals surface area contributed by atoms with Gasteiger partial charge in [0.25, 0.3) is 5.91 Å². The van der Waals surface area contributed by atoms with Gasteiger partial charge in [-0.1, -0.05) is 5.11 Å². The number of nitrogens with zero attached hydrogens (tertiary/aromatic N) is 3. The highest BCUT2D eigenvalue weighted by Crippen LogP contribution is 2.31. The number of azide groups is 1. The highest BCUT2D eigenvalue weighted by atomic mass is 19.2. The van der Waals surface area contributed by atoms with E-state index >= 15 is 0 Å². The number of amides is 1. The molecule has 1 aromatic carbocycles. The van der Waals surface area contributed by atoms with Gasteiger partial charge in [0.2, 0.25) is 0 Å². The van der Waals surface area contributed by atoms with E-state index in [0.29, 0.717) is 0 Å². The lowest BCUT2D eigenvalue weighted by Crippen LogP contribution is -2.64. The molecule has 0 aromatic heterocycles. The predicted molar refractivity (Wildman–Crippen MR) is 141 cm³/mol. The van der Waals surface area contributed by atoms with Crippen LogP contribution in [0, 0.1) is 23.3 Å². The first-order valence-electron chi connectivity index (χ1n) is 13.9. The molecule has 47 heavy (non-hydrogen) atoms. The van der Waals surface area contributed by atoms with Crippen LogP contribution in [0.1, 0.15) is 10.4 Å². The van der Waals surface area contributed by atoms with Crippen LogP contribution in [0.25, 0.3) is 10.4 Å². The van der Waals surface area contributed by atoms with Gasteiger partial charge in [0, 0.05) is 11.5 Å². The van der Waals surface area contributed by atoms with Gasteiger partial charge in [-0.3, -0.25) is 4.79 Å². The van der Waals surface area contributed by atoms with Crippen molar-refractivity contribution in [2.24, 2.45) is 5.11 Å². The molecule has 2 aliphatic heterocycles. The first-order chi connectivity index (χ1) is 22.4. The molecule has 10 atom stereocenters. The van der Waals surface area contributed by atoms with Gasteiger partial charge in [0.15, 0.2) is 35.8 Å². The fraction of sp³-hybridized carbons (Fsp3) is 0.720. The number of hydrogen-bond acceptors (Lipinski definition) is 15. The SMILES string of the molecule is [N-]=[N+]=Nc1c(F)c(F)c(C(=O)NCCOCCOCCO[C@@H]2OC(CO)[C@@H](O[C@@H]3OC(CO)[C@H](O)C(O)C3O)C(O)C2O)c(F)c1F. The fourth-order valence-electron chi connectivity index (χ4n) is 4.52. The van der Waals surface area contributed by atoms with Gasteiger partial charge >= 0.3 is 0 Å². The molecule has 8 N–H and O–H groups in total. The van der Waals surface area contributed by atoms with E-state index in [1.165, 1.54) is 0 Å². The van der Waals surface area contributed by atoms with Gasteiger partial charge in [-0.15, -0.1) is 0 Å². The summed E-state index contributed by atoms with van der Waals surface area (Å²) in [5.41, 5.74) is 5.15. The average molecular weight is 691 g/mol. The number of aliphatic hydroxyl groups excluding tert-OH is 7. The molecule has 0 spiro atoms. The molecule has 6 unspecified atom stereocenters. The summed E-state index contributed by atoms with van der Waals surface area (Å²) < 4.78 is 87.7. The summed E-state index contributed by atoms with van der Waals surface area (Å²) in [6, 6.07) is 0. The van der Waals surface area contributed by atoms with E-state index in [-0.39, 0.29) is 39.6 Å². The van der Waals surface area contributed by atoms with Crippen molar-refractivity contribution in [1.82, 2.24) is 5.32 Å². The Bertz CT molecular complexity index is 1220. The molecule has 22 heteroatoms. The molecule has 2 heterocycles. The minimum absolute atomic E-state index is 0.0250. The number of nitrogens with one attached hydrogen (secondary N) is 1. The summed E-state index contributed by atoms with van der Waals surface area (Å²) in [5, 5.41) is 74.6. The lowest BCUT2D eigenvalue weighted by Gasteiger charge is -2.45. The van der Waals surface area contributed by atoms with Gasteiger partial charge in [0.1, 0.15) is 60.1 Å². The summed E-state index contributed by atoms with van der Waals surface area (Å²) in [6.07, 6.45) is -16.0. The fourth-order valence-corrected chi connectivity index (χ4v) is 4.52. The molecule has 0 aliphatic carbocycles. The number of aliphatic hydroxyl groups is 7. The second kappa shape index (κ2) is 18.1. The Morgan fingerprint density at radius 2 is 1.32 bits per heavy atom. The Morgan fingerprint density at radius 1 is 0.766 bits per heavy atom. The lowest BCUT2D eigenvalue weighted by atomic mass is 9.97. The maximum Gasteiger partial charge on any atom is 0.257 e. The summed E-state index contributed by atoms with van der Waals surface area (Å²) in [4.78, 5) is 14.1. The largest absolute Gasteiger partial charge is 0.394 e. The molecule has 18 nitrogen and oxygen atoms in total. The molecule has 2 saturated heterocycles. The van der Waals surface area contributed by atoms with Crippen LogP contribution in [0.15, 0.2) is 5.11 Å². The molecule has 0 saturated carbocycles. The van der Waals surface area contributed by atoms with Crippen molar-refractivity contribution in [3.8, 4) is 0 Å². The molecule has 1 aromatic rings. The number of benzene rings is 1. The van der Waals surface area contributed by atoms with E-state index in [9.17, 15) is 58.1 Å². The van der Waals surface area contributed by atoms with Crippen LogP contribution in [0.4, 0.5) is 23.2 Å². The van der Waals surface area contributed by atoms with Crippen molar-refractivity contribution < 1.29 is 86.5 Å². The van der Waals surface area contributed by atoms with E-state index in [0.717, 1.165) is 0 Å². The number of halogens is 4. The topological polar surface area (TPSA) is 275 Å². The normalized spacial score (nSPS) is 31.0. The first-order valence-corrected chi connectivity index (χ1v) is 13.9. The number of hydrogen-bond donors (Lipinski definition) is 8. The minimum atomic E-state index is -2.05. The molecule has 266 valence electrons. The van der Waals surface area contributed by atoms with Crippen molar-refractivity contribution in [1.29, 1.82) is 0 Å². The summed E-state index contributed by atoms with van der Waals surface area (Å²) in [7, 11) is 0. The van der Waals surface area contributed by atoms with E-state index < -0.39 is 115 Å².